The number of rotatable bonds is 16. The van der Waals surface area contributed by atoms with Crippen LogP contribution in [0.3, 0.4) is 0 Å². The van der Waals surface area contributed by atoms with Crippen molar-refractivity contribution in [2.45, 2.75) is 204 Å². The molecule has 2 saturated heterocycles. The first kappa shape index (κ1) is 85.4. The minimum atomic E-state index is -4.86. The number of hydrogen-bond acceptors (Lipinski definition) is 13. The van der Waals surface area contributed by atoms with Crippen molar-refractivity contribution in [3.05, 3.63) is 69.7 Å². The van der Waals surface area contributed by atoms with Crippen molar-refractivity contribution in [3.63, 3.8) is 0 Å². The highest BCUT2D eigenvalue weighted by atomic mass is 35.5. The number of benzene rings is 2. The van der Waals surface area contributed by atoms with Gasteiger partial charge in [0.15, 0.2) is 0 Å². The summed E-state index contributed by atoms with van der Waals surface area (Å²) in [6, 6.07) is -0.588. The summed E-state index contributed by atoms with van der Waals surface area (Å²) < 4.78 is 117. The SMILES string of the molecule is CCCN1C(=O)CN(C)C(=O)CN(C)C(=O)[C@H]([C@@H](C)CC)NC[C@@](C=O)(CC(C)C)N(C)C(=O)CCN(C)C(=O)[C@H](C2CCCC2)N(C)C(=O)C2(CCCC2)NC(=O)[C@@H]2C[C@@H](OCC(F)F)CN2C(=O)[C@H](CCc2ccc(C(F)(F)F)c(Cl)c2)NC(=O)CN(C)C(=O)[C@@H]1Cc1ccc(C(F)(F)F)cc1. The second kappa shape index (κ2) is 37.1. The maximum absolute atomic E-state index is 15.5. The second-order valence-corrected chi connectivity index (χ2v) is 29.3. The Bertz CT molecular complexity index is 3360. The normalized spacial score (nSPS) is 25.2. The number of hydrogen-bond donors (Lipinski definition) is 3. The fourth-order valence-corrected chi connectivity index (χ4v) is 14.9. The highest BCUT2D eigenvalue weighted by Crippen LogP contribution is 2.39. The number of carbonyl (C=O) groups excluding carboxylic acids is 11. The van der Waals surface area contributed by atoms with Gasteiger partial charge < -0.3 is 64.7 Å². The van der Waals surface area contributed by atoms with Gasteiger partial charge in [-0.1, -0.05) is 96.5 Å². The summed E-state index contributed by atoms with van der Waals surface area (Å²) in [5.74, 6) is -8.92. The van der Waals surface area contributed by atoms with E-state index in [4.69, 9.17) is 16.3 Å². The standard InChI is InChI=1S/C72H102ClF8N11O12/c1-12-31-91-55(34-47-20-24-49(25-21-47)71(76,77)78)65(100)87(8)38-57(94)83-53(27-23-46-22-26-51(52(73)33-46)72(79,80)81)64(99)92-37-50(104-41-56(74)75)35-54(92)63(98)84-70(29-16-17-30-70)68(103)89(10)62(48-18-14-15-19-48)67(102)85(6)32-28-58(95)90(11)69(43-93,36-44(3)4)42-82-61(45(5)13-2)66(101)88(9)39-59(96)86(7)40-60(91)97/h20-22,24-26,33,43-45,48,50,53-56,61-62,82H,12-19,23,27-32,34-42H2,1-11H3,(H,83,94)(H,84,98)/t45-,50+,53-,54-,55-,61-,62-,69+/m0/s1. The molecule has 8 atom stereocenters. The van der Waals surface area contributed by atoms with Gasteiger partial charge in [0.05, 0.1) is 47.9 Å². The van der Waals surface area contributed by atoms with E-state index < -0.39 is 199 Å². The lowest BCUT2D eigenvalue weighted by molar-refractivity contribution is -0.152. The van der Waals surface area contributed by atoms with Gasteiger partial charge in [-0.3, -0.25) is 47.9 Å². The maximum Gasteiger partial charge on any atom is 0.417 e. The van der Waals surface area contributed by atoms with Crippen LogP contribution in [0.2, 0.25) is 5.02 Å². The second-order valence-electron chi connectivity index (χ2n) is 28.9. The molecule has 32 heteroatoms. The molecule has 4 aliphatic rings. The predicted octanol–water partition coefficient (Wildman–Crippen LogP) is 7.03. The molecular formula is C72H102ClF8N11O12. The van der Waals surface area contributed by atoms with Gasteiger partial charge in [-0.2, -0.15) is 26.3 Å². The molecule has 1 spiro atoms. The van der Waals surface area contributed by atoms with E-state index in [0.29, 0.717) is 44.5 Å². The molecule has 4 fully saturated rings. The van der Waals surface area contributed by atoms with E-state index in [9.17, 15) is 63.9 Å². The molecule has 0 aromatic heterocycles. The molecule has 0 bridgehead atoms. The summed E-state index contributed by atoms with van der Waals surface area (Å²) in [4.78, 5) is 172. The Morgan fingerprint density at radius 1 is 0.721 bits per heavy atom. The number of amides is 10. The Labute approximate surface area is 608 Å². The highest BCUT2D eigenvalue weighted by molar-refractivity contribution is 6.31. The molecule has 3 N–H and O–H groups in total. The molecule has 0 radical (unpaired) electrons. The lowest BCUT2D eigenvalue weighted by Gasteiger charge is -2.41. The van der Waals surface area contributed by atoms with Crippen LogP contribution in [0, 0.1) is 17.8 Å². The van der Waals surface area contributed by atoms with Gasteiger partial charge in [0.1, 0.15) is 48.1 Å². The number of halogens is 9. The number of carbonyl (C=O) groups is 11. The topological polar surface area (TPSA) is 259 Å². The zero-order valence-electron chi connectivity index (χ0n) is 61.2. The fraction of sp³-hybridized carbons (Fsp3) is 0.681. The van der Waals surface area contributed by atoms with Crippen LogP contribution in [0.25, 0.3) is 0 Å². The first-order valence-electron chi connectivity index (χ1n) is 35.6. The smallest absolute Gasteiger partial charge is 0.370 e. The Hall–Kier alpha value is -7.54. The molecule has 0 unspecified atom stereocenters. The molecule has 2 heterocycles. The summed E-state index contributed by atoms with van der Waals surface area (Å²) >= 11 is 6.12. The molecule has 10 amide bonds. The summed E-state index contributed by atoms with van der Waals surface area (Å²) in [7, 11) is 8.17. The Morgan fingerprint density at radius 2 is 1.34 bits per heavy atom. The summed E-state index contributed by atoms with van der Waals surface area (Å²) in [5.41, 5.74) is -5.23. The summed E-state index contributed by atoms with van der Waals surface area (Å²) in [6.07, 6.45) is -11.0. The summed E-state index contributed by atoms with van der Waals surface area (Å²) in [5, 5.41) is 8.03. The largest absolute Gasteiger partial charge is 0.417 e. The van der Waals surface area contributed by atoms with Gasteiger partial charge in [0.25, 0.3) is 6.43 Å². The third-order valence-electron chi connectivity index (χ3n) is 20.7. The predicted molar refractivity (Wildman–Crippen MR) is 369 cm³/mol. The van der Waals surface area contributed by atoms with Gasteiger partial charge in [0.2, 0.25) is 59.1 Å². The molecule has 104 heavy (non-hydrogen) atoms. The van der Waals surface area contributed by atoms with Crippen molar-refractivity contribution in [2.75, 3.05) is 94.7 Å². The fourth-order valence-electron chi connectivity index (χ4n) is 14.6. The van der Waals surface area contributed by atoms with Crippen molar-refractivity contribution in [3.8, 4) is 0 Å². The first-order valence-corrected chi connectivity index (χ1v) is 36.0. The maximum atomic E-state index is 15.5. The lowest BCUT2D eigenvalue weighted by atomic mass is 9.87. The summed E-state index contributed by atoms with van der Waals surface area (Å²) in [6.45, 7) is 4.45. The van der Waals surface area contributed by atoms with Gasteiger partial charge in [0, 0.05) is 87.7 Å². The zero-order valence-corrected chi connectivity index (χ0v) is 62.0. The van der Waals surface area contributed by atoms with Crippen LogP contribution in [-0.4, -0.2) is 253 Å². The molecule has 6 rings (SSSR count). The van der Waals surface area contributed by atoms with Gasteiger partial charge in [-0.15, -0.1) is 0 Å². The highest BCUT2D eigenvalue weighted by Gasteiger charge is 2.52. The molecule has 2 aromatic carbocycles. The minimum Gasteiger partial charge on any atom is -0.370 e. The monoisotopic (exact) mass is 1500 g/mol. The van der Waals surface area contributed by atoms with Crippen molar-refractivity contribution >= 4 is 77.0 Å². The van der Waals surface area contributed by atoms with Crippen LogP contribution in [0.1, 0.15) is 147 Å². The third-order valence-corrected chi connectivity index (χ3v) is 21.0. The van der Waals surface area contributed by atoms with Crippen molar-refractivity contribution in [1.82, 2.24) is 55.1 Å². The van der Waals surface area contributed by atoms with E-state index >= 15 is 24.0 Å². The van der Waals surface area contributed by atoms with Crippen molar-refractivity contribution in [1.29, 1.82) is 0 Å². The van der Waals surface area contributed by atoms with E-state index in [1.807, 2.05) is 20.8 Å². The number of fused-ring (bicyclic) bond motifs is 1. The van der Waals surface area contributed by atoms with Crippen LogP contribution in [0.5, 0.6) is 0 Å². The minimum absolute atomic E-state index is 0.0513. The quantitative estimate of drug-likeness (QED) is 0.113. The van der Waals surface area contributed by atoms with Crippen LogP contribution in [-0.2, 0) is 82.7 Å². The number of likely N-dealkylation sites (N-methyl/N-ethyl adjacent to an activating group) is 6. The number of nitrogens with one attached hydrogen (secondary N) is 3. The van der Waals surface area contributed by atoms with E-state index in [0.717, 1.165) is 80.8 Å². The number of alkyl halides is 8. The van der Waals surface area contributed by atoms with Crippen LogP contribution in [0.15, 0.2) is 42.5 Å². The molecule has 580 valence electrons. The number of aldehydes is 1. The van der Waals surface area contributed by atoms with Crippen molar-refractivity contribution in [2.24, 2.45) is 17.8 Å². The Balaban J connectivity index is 1.47. The van der Waals surface area contributed by atoms with Crippen LogP contribution >= 0.6 is 11.6 Å². The Kier molecular flexibility index (Phi) is 30.5. The van der Waals surface area contributed by atoms with Gasteiger partial charge >= 0.3 is 12.4 Å². The van der Waals surface area contributed by atoms with E-state index in [1.165, 1.54) is 49.9 Å². The molecule has 2 aromatic rings. The van der Waals surface area contributed by atoms with Crippen LogP contribution in [0.4, 0.5) is 35.1 Å². The number of nitrogens with zero attached hydrogens (tertiary/aromatic N) is 8. The molecule has 23 nitrogen and oxygen atoms in total. The lowest BCUT2D eigenvalue weighted by Crippen LogP contribution is -2.64. The van der Waals surface area contributed by atoms with Crippen molar-refractivity contribution < 1.29 is 92.6 Å². The average molecular weight is 1500 g/mol. The number of ether oxygens (including phenoxy) is 1. The number of aryl methyl sites for hydroxylation is 1. The first-order chi connectivity index (χ1) is 48.7. The molecule has 2 aliphatic heterocycles. The molecular weight excluding hydrogens is 1400 g/mol. The van der Waals surface area contributed by atoms with E-state index in [-0.39, 0.29) is 81.1 Å². The van der Waals surface area contributed by atoms with Crippen LogP contribution < -0.4 is 16.0 Å². The Morgan fingerprint density at radius 3 is 1.90 bits per heavy atom. The molecule has 2 saturated carbocycles. The van der Waals surface area contributed by atoms with Gasteiger partial charge in [-0.25, -0.2) is 8.78 Å². The average Bonchev–Trinajstić information content (AvgIpc) is 1.55. The zero-order chi connectivity index (χ0) is 77.5. The third kappa shape index (κ3) is 21.8. The van der Waals surface area contributed by atoms with E-state index in [2.05, 4.69) is 16.0 Å². The van der Waals surface area contributed by atoms with E-state index in [1.54, 1.807) is 13.8 Å². The van der Waals surface area contributed by atoms with Gasteiger partial charge in [-0.05, 0) is 105 Å². The molecule has 2 aliphatic carbocycles.